The fourth-order valence-electron chi connectivity index (χ4n) is 7.57. The first kappa shape index (κ1) is 46.0. The van der Waals surface area contributed by atoms with Crippen LogP contribution in [-0.4, -0.2) is 46.2 Å². The van der Waals surface area contributed by atoms with Crippen molar-refractivity contribution >= 4 is 12.2 Å². The van der Waals surface area contributed by atoms with Crippen molar-refractivity contribution in [2.24, 2.45) is 16.6 Å². The molecule has 5 nitrogen and oxygen atoms in total. The fourth-order valence-corrected chi connectivity index (χ4v) is 7.57. The predicted molar refractivity (Wildman–Crippen MR) is 236 cm³/mol. The fraction of sp³-hybridized carbons (Fsp3) is 0.540. The maximum Gasteiger partial charge on any atom is 0.206 e. The van der Waals surface area contributed by atoms with Gasteiger partial charge in [-0.25, -0.2) is 0 Å². The van der Waals surface area contributed by atoms with Gasteiger partial charge in [0, 0.05) is 31.2 Å². The van der Waals surface area contributed by atoms with Gasteiger partial charge in [-0.15, -0.1) is 0 Å². The Balaban J connectivity index is 1.68. The number of allylic oxidation sites excluding steroid dienone is 16. The van der Waals surface area contributed by atoms with E-state index in [1.165, 1.54) is 88.8 Å². The second-order valence-corrected chi connectivity index (χ2v) is 16.9. The molecule has 302 valence electrons. The molecule has 0 unspecified atom stereocenters. The Morgan fingerprint density at radius 1 is 0.691 bits per heavy atom. The van der Waals surface area contributed by atoms with E-state index < -0.39 is 0 Å². The van der Waals surface area contributed by atoms with E-state index in [0.29, 0.717) is 46.2 Å². The second kappa shape index (κ2) is 24.3. The van der Waals surface area contributed by atoms with Gasteiger partial charge in [-0.2, -0.15) is 4.57 Å². The largest absolute Gasteiger partial charge is 0.379 e. The van der Waals surface area contributed by atoms with Gasteiger partial charge in [0.25, 0.3) is 0 Å². The first-order valence-electron chi connectivity index (χ1n) is 20.9. The third kappa shape index (κ3) is 17.1. The summed E-state index contributed by atoms with van der Waals surface area (Å²) in [6, 6.07) is 4.48. The Morgan fingerprint density at radius 3 is 1.76 bits per heavy atom. The quantitative estimate of drug-likeness (QED) is 0.0728. The van der Waals surface area contributed by atoms with Gasteiger partial charge >= 0.3 is 0 Å². The minimum atomic E-state index is 0.252. The van der Waals surface area contributed by atoms with Gasteiger partial charge in [0.2, 0.25) is 5.69 Å². The average Bonchev–Trinajstić information content (AvgIpc) is 3.12. The molecule has 1 aromatic heterocycles. The number of hydrogen-bond donors (Lipinski definition) is 1. The average molecular weight is 752 g/mol. The van der Waals surface area contributed by atoms with Crippen molar-refractivity contribution in [1.29, 1.82) is 0 Å². The van der Waals surface area contributed by atoms with Crippen LogP contribution in [0.1, 0.15) is 125 Å². The molecule has 1 aromatic rings. The van der Waals surface area contributed by atoms with E-state index in [4.69, 9.17) is 19.9 Å². The maximum atomic E-state index is 5.88. The summed E-state index contributed by atoms with van der Waals surface area (Å²) in [5, 5.41) is 0. The number of hydrogen-bond acceptors (Lipinski definition) is 4. The molecule has 0 bridgehead atoms. The highest BCUT2D eigenvalue weighted by atomic mass is 16.5. The normalized spacial score (nSPS) is 18.7. The molecule has 0 saturated heterocycles. The van der Waals surface area contributed by atoms with Gasteiger partial charge < -0.3 is 19.9 Å². The van der Waals surface area contributed by atoms with E-state index in [1.807, 2.05) is 0 Å². The van der Waals surface area contributed by atoms with Crippen LogP contribution in [0.5, 0.6) is 0 Å². The van der Waals surface area contributed by atoms with Crippen LogP contribution < -0.4 is 10.3 Å². The molecule has 2 aliphatic carbocycles. The highest BCUT2D eigenvalue weighted by molar-refractivity contribution is 5.57. The van der Waals surface area contributed by atoms with Crippen molar-refractivity contribution in [3.05, 3.63) is 123 Å². The minimum Gasteiger partial charge on any atom is -0.379 e. The first-order chi connectivity index (χ1) is 26.3. The molecule has 0 fully saturated rings. The Labute approximate surface area is 336 Å². The van der Waals surface area contributed by atoms with Crippen LogP contribution in [0.4, 0.5) is 0 Å². The molecule has 1 heterocycles. The lowest BCUT2D eigenvalue weighted by molar-refractivity contribution is -0.699. The SMILES string of the molecule is CC1=C(/C=C/C(C)=C/C=C/C(C)=C/c2cc(/C=C/C=C(C)/C=C/C3=C(C)CCCC3(C)C)cc[n+]2CCCOCCOCCOCCCN)C(C)(C)CCC1. The molecule has 0 amide bonds. The molecule has 0 radical (unpaired) electrons. The molecule has 2 aliphatic rings. The summed E-state index contributed by atoms with van der Waals surface area (Å²) in [6.45, 7) is 25.9. The van der Waals surface area contributed by atoms with Gasteiger partial charge in [-0.05, 0) is 119 Å². The van der Waals surface area contributed by atoms with Gasteiger partial charge in [0.05, 0.1) is 33.0 Å². The summed E-state index contributed by atoms with van der Waals surface area (Å²) in [5.74, 6) is 0. The third-order valence-corrected chi connectivity index (χ3v) is 10.9. The van der Waals surface area contributed by atoms with Crippen molar-refractivity contribution < 1.29 is 18.8 Å². The first-order valence-corrected chi connectivity index (χ1v) is 20.9. The van der Waals surface area contributed by atoms with Crippen LogP contribution in [0.25, 0.3) is 12.2 Å². The van der Waals surface area contributed by atoms with Crippen molar-refractivity contribution in [2.45, 2.75) is 120 Å². The third-order valence-electron chi connectivity index (χ3n) is 10.9. The number of aromatic nitrogens is 1. The molecule has 0 aromatic carbocycles. The molecular formula is C50H75N2O3+. The molecule has 0 aliphatic heterocycles. The number of nitrogens with two attached hydrogens (primary N) is 1. The molecule has 55 heavy (non-hydrogen) atoms. The van der Waals surface area contributed by atoms with Crippen LogP contribution in [0, 0.1) is 10.8 Å². The van der Waals surface area contributed by atoms with E-state index in [-0.39, 0.29) is 10.8 Å². The van der Waals surface area contributed by atoms with E-state index >= 15 is 0 Å². The molecule has 2 N–H and O–H groups in total. The van der Waals surface area contributed by atoms with Crippen LogP contribution >= 0.6 is 0 Å². The summed E-state index contributed by atoms with van der Waals surface area (Å²) in [6.07, 6.45) is 36.2. The zero-order chi connectivity index (χ0) is 40.1. The molecule has 0 atom stereocenters. The summed E-state index contributed by atoms with van der Waals surface area (Å²) < 4.78 is 19.3. The Morgan fingerprint density at radius 2 is 1.22 bits per heavy atom. The number of aryl methyl sites for hydroxylation is 1. The standard InChI is InChI=1S/C50H75N2O3/c1-40(22-24-47-43(4)19-12-27-49(47,6)7)16-10-18-42(3)38-46-39-45(21-11-17-41(2)23-25-48-44(5)20-13-28-50(48,8)9)26-31-52(46)30-15-33-54-35-37-55-36-34-53-32-14-29-51/h10-11,16-18,21-26,31,38-39H,12-15,19-20,27-30,32-37,51H2,1-9H3/q+1/b18-10+,21-11+,24-22+,25-23+,40-16+,41-17+,42-38+. The molecule has 0 spiro atoms. The summed E-state index contributed by atoms with van der Waals surface area (Å²) in [7, 11) is 0. The molecule has 0 saturated carbocycles. The maximum absolute atomic E-state index is 5.88. The zero-order valence-electron chi connectivity index (χ0n) is 36.1. The summed E-state index contributed by atoms with van der Waals surface area (Å²) in [5.41, 5.74) is 18.1. The lowest BCUT2D eigenvalue weighted by atomic mass is 9.72. The second-order valence-electron chi connectivity index (χ2n) is 16.9. The lowest BCUT2D eigenvalue weighted by Crippen LogP contribution is -2.37. The van der Waals surface area contributed by atoms with E-state index in [9.17, 15) is 0 Å². The topological polar surface area (TPSA) is 57.6 Å². The number of ether oxygens (including phenoxy) is 3. The highest BCUT2D eigenvalue weighted by Crippen LogP contribution is 2.41. The molecular weight excluding hydrogens is 677 g/mol. The van der Waals surface area contributed by atoms with Gasteiger partial charge in [-0.3, -0.25) is 0 Å². The van der Waals surface area contributed by atoms with Gasteiger partial charge in [0.15, 0.2) is 12.7 Å². The van der Waals surface area contributed by atoms with Crippen molar-refractivity contribution in [3.8, 4) is 0 Å². The van der Waals surface area contributed by atoms with E-state index in [2.05, 4.69) is 152 Å². The van der Waals surface area contributed by atoms with Gasteiger partial charge in [0.1, 0.15) is 0 Å². The molecule has 5 heteroatoms. The van der Waals surface area contributed by atoms with Crippen LogP contribution in [0.3, 0.4) is 0 Å². The van der Waals surface area contributed by atoms with Crippen LogP contribution in [-0.2, 0) is 20.8 Å². The van der Waals surface area contributed by atoms with Crippen molar-refractivity contribution in [2.75, 3.05) is 46.2 Å². The predicted octanol–water partition coefficient (Wildman–Crippen LogP) is 11.8. The highest BCUT2D eigenvalue weighted by Gasteiger charge is 2.27. The summed E-state index contributed by atoms with van der Waals surface area (Å²) >= 11 is 0. The zero-order valence-corrected chi connectivity index (χ0v) is 36.1. The lowest BCUT2D eigenvalue weighted by Gasteiger charge is -2.33. The Hall–Kier alpha value is -3.35. The monoisotopic (exact) mass is 752 g/mol. The van der Waals surface area contributed by atoms with Crippen molar-refractivity contribution in [3.63, 3.8) is 0 Å². The van der Waals surface area contributed by atoms with Crippen molar-refractivity contribution in [1.82, 2.24) is 0 Å². The smallest absolute Gasteiger partial charge is 0.206 e. The van der Waals surface area contributed by atoms with Crippen LogP contribution in [0.15, 0.2) is 112 Å². The Kier molecular flexibility index (Phi) is 20.4. The molecule has 3 rings (SSSR count). The number of rotatable bonds is 22. The summed E-state index contributed by atoms with van der Waals surface area (Å²) in [4.78, 5) is 0. The minimum absolute atomic E-state index is 0.252. The number of nitrogens with zero attached hydrogens (tertiary/aromatic N) is 1. The van der Waals surface area contributed by atoms with E-state index in [0.717, 1.165) is 19.4 Å². The van der Waals surface area contributed by atoms with Crippen LogP contribution in [0.2, 0.25) is 0 Å². The Bertz CT molecular complexity index is 1640. The van der Waals surface area contributed by atoms with E-state index in [1.54, 1.807) is 0 Å². The number of pyridine rings is 1. The van der Waals surface area contributed by atoms with Gasteiger partial charge in [-0.1, -0.05) is 111 Å².